The molecule has 2 rings (SSSR count). The van der Waals surface area contributed by atoms with Gasteiger partial charge in [0.05, 0.1) is 4.92 Å². The number of hydrogen-bond donors (Lipinski definition) is 0. The van der Waals surface area contributed by atoms with Gasteiger partial charge in [-0.15, -0.1) is 0 Å². The van der Waals surface area contributed by atoms with E-state index < -0.39 is 22.3 Å². The van der Waals surface area contributed by atoms with Gasteiger partial charge in [-0.1, -0.05) is 6.92 Å². The van der Waals surface area contributed by atoms with Crippen molar-refractivity contribution in [3.63, 3.8) is 0 Å². The van der Waals surface area contributed by atoms with Crippen molar-refractivity contribution in [2.45, 2.75) is 13.3 Å². The first-order valence-electron chi connectivity index (χ1n) is 5.68. The molecule has 1 atom stereocenters. The fourth-order valence-corrected chi connectivity index (χ4v) is 2.02. The minimum Gasteiger partial charge on any atom is -0.278 e. The minimum absolute atomic E-state index is 0.0597. The molecule has 0 saturated carbocycles. The standard InChI is InChI=1S/C12H11FN2O4/c1-7-4-11(16)14(6-7)12(17)8-2-3-9(13)10(5-8)15(18)19/h2-3,5,7H,4,6H2,1H3. The van der Waals surface area contributed by atoms with E-state index in [9.17, 15) is 24.1 Å². The van der Waals surface area contributed by atoms with Crippen LogP contribution in [0.3, 0.4) is 0 Å². The van der Waals surface area contributed by atoms with E-state index in [-0.39, 0.29) is 30.4 Å². The number of rotatable bonds is 2. The first kappa shape index (κ1) is 13.1. The summed E-state index contributed by atoms with van der Waals surface area (Å²) in [6, 6.07) is 2.85. The number of amides is 2. The van der Waals surface area contributed by atoms with Crippen molar-refractivity contribution < 1.29 is 18.9 Å². The Kier molecular flexibility index (Phi) is 3.28. The average molecular weight is 266 g/mol. The highest BCUT2D eigenvalue weighted by Gasteiger charge is 2.32. The molecule has 1 aliphatic rings. The van der Waals surface area contributed by atoms with Gasteiger partial charge in [-0.3, -0.25) is 24.6 Å². The zero-order valence-electron chi connectivity index (χ0n) is 10.1. The second-order valence-electron chi connectivity index (χ2n) is 4.54. The number of benzene rings is 1. The number of likely N-dealkylation sites (tertiary alicyclic amines) is 1. The molecule has 2 amide bonds. The van der Waals surface area contributed by atoms with Crippen LogP contribution in [0.15, 0.2) is 18.2 Å². The molecule has 1 unspecified atom stereocenters. The SMILES string of the molecule is CC1CC(=O)N(C(=O)c2ccc(F)c([N+](=O)[O-])c2)C1. The first-order chi connectivity index (χ1) is 8.90. The van der Waals surface area contributed by atoms with Gasteiger partial charge in [-0.25, -0.2) is 0 Å². The third-order valence-corrected chi connectivity index (χ3v) is 2.95. The first-order valence-corrected chi connectivity index (χ1v) is 5.68. The van der Waals surface area contributed by atoms with Crippen molar-refractivity contribution in [3.05, 3.63) is 39.7 Å². The number of carbonyl (C=O) groups excluding carboxylic acids is 2. The highest BCUT2D eigenvalue weighted by molar-refractivity contribution is 6.06. The molecule has 1 heterocycles. The van der Waals surface area contributed by atoms with Crippen LogP contribution in [0.1, 0.15) is 23.7 Å². The topological polar surface area (TPSA) is 80.5 Å². The van der Waals surface area contributed by atoms with E-state index in [4.69, 9.17) is 0 Å². The highest BCUT2D eigenvalue weighted by atomic mass is 19.1. The molecular weight excluding hydrogens is 255 g/mol. The molecule has 1 saturated heterocycles. The summed E-state index contributed by atoms with van der Waals surface area (Å²) in [6.45, 7) is 2.11. The van der Waals surface area contributed by atoms with Crippen LogP contribution in [0, 0.1) is 21.8 Å². The molecule has 0 radical (unpaired) electrons. The largest absolute Gasteiger partial charge is 0.305 e. The molecule has 6 nitrogen and oxygen atoms in total. The van der Waals surface area contributed by atoms with E-state index in [2.05, 4.69) is 0 Å². The number of nitrogens with zero attached hydrogens (tertiary/aromatic N) is 2. The van der Waals surface area contributed by atoms with Crippen LogP contribution < -0.4 is 0 Å². The Hall–Kier alpha value is -2.31. The predicted molar refractivity (Wildman–Crippen MR) is 62.9 cm³/mol. The van der Waals surface area contributed by atoms with Crippen LogP contribution in [-0.2, 0) is 4.79 Å². The summed E-state index contributed by atoms with van der Waals surface area (Å²) >= 11 is 0. The summed E-state index contributed by atoms with van der Waals surface area (Å²) in [4.78, 5) is 34.4. The summed E-state index contributed by atoms with van der Waals surface area (Å²) < 4.78 is 13.2. The van der Waals surface area contributed by atoms with E-state index >= 15 is 0 Å². The zero-order chi connectivity index (χ0) is 14.2. The fraction of sp³-hybridized carbons (Fsp3) is 0.333. The maximum Gasteiger partial charge on any atom is 0.305 e. The third-order valence-electron chi connectivity index (χ3n) is 2.95. The van der Waals surface area contributed by atoms with Gasteiger partial charge in [0.25, 0.3) is 5.91 Å². The molecular formula is C12H11FN2O4. The lowest BCUT2D eigenvalue weighted by Gasteiger charge is -2.13. The van der Waals surface area contributed by atoms with Gasteiger partial charge < -0.3 is 0 Å². The molecule has 0 bridgehead atoms. The normalized spacial score (nSPS) is 18.7. The lowest BCUT2D eigenvalue weighted by molar-refractivity contribution is -0.387. The Labute approximate surface area is 108 Å². The quantitative estimate of drug-likeness (QED) is 0.464. The Balaban J connectivity index is 2.32. The zero-order valence-corrected chi connectivity index (χ0v) is 10.1. The van der Waals surface area contributed by atoms with Crippen LogP contribution >= 0.6 is 0 Å². The molecule has 7 heteroatoms. The van der Waals surface area contributed by atoms with E-state index in [0.717, 1.165) is 23.1 Å². The Bertz CT molecular complexity index is 573. The number of halogens is 1. The molecule has 0 aliphatic carbocycles. The summed E-state index contributed by atoms with van der Waals surface area (Å²) in [5, 5.41) is 10.6. The van der Waals surface area contributed by atoms with Crippen molar-refractivity contribution in [2.24, 2.45) is 5.92 Å². The van der Waals surface area contributed by atoms with E-state index in [0.29, 0.717) is 0 Å². The smallest absolute Gasteiger partial charge is 0.278 e. The number of nitro benzene ring substituents is 1. The van der Waals surface area contributed by atoms with E-state index in [1.807, 2.05) is 6.92 Å². The number of nitro groups is 1. The van der Waals surface area contributed by atoms with Gasteiger partial charge >= 0.3 is 5.69 Å². The van der Waals surface area contributed by atoms with Crippen LogP contribution in [0.25, 0.3) is 0 Å². The van der Waals surface area contributed by atoms with Crippen molar-refractivity contribution >= 4 is 17.5 Å². The fourth-order valence-electron chi connectivity index (χ4n) is 2.02. The Morgan fingerprint density at radius 3 is 2.74 bits per heavy atom. The van der Waals surface area contributed by atoms with Gasteiger partial charge in [0.1, 0.15) is 0 Å². The van der Waals surface area contributed by atoms with Crippen molar-refractivity contribution in [2.75, 3.05) is 6.54 Å². The Morgan fingerprint density at radius 2 is 2.21 bits per heavy atom. The summed E-state index contributed by atoms with van der Waals surface area (Å²) in [7, 11) is 0. The van der Waals surface area contributed by atoms with Gasteiger partial charge in [-0.05, 0) is 18.1 Å². The van der Waals surface area contributed by atoms with Crippen molar-refractivity contribution in [1.82, 2.24) is 4.90 Å². The van der Waals surface area contributed by atoms with Gasteiger partial charge in [0.2, 0.25) is 11.7 Å². The van der Waals surface area contributed by atoms with E-state index in [1.54, 1.807) is 0 Å². The maximum atomic E-state index is 13.2. The van der Waals surface area contributed by atoms with Crippen LogP contribution in [0.5, 0.6) is 0 Å². The molecule has 19 heavy (non-hydrogen) atoms. The summed E-state index contributed by atoms with van der Waals surface area (Å²) in [5.74, 6) is -1.89. The molecule has 1 aromatic rings. The molecule has 100 valence electrons. The number of imide groups is 1. The van der Waals surface area contributed by atoms with Crippen LogP contribution in [0.2, 0.25) is 0 Å². The van der Waals surface area contributed by atoms with E-state index in [1.165, 1.54) is 0 Å². The van der Waals surface area contributed by atoms with Crippen LogP contribution in [0.4, 0.5) is 10.1 Å². The molecule has 1 fully saturated rings. The van der Waals surface area contributed by atoms with Crippen molar-refractivity contribution in [3.8, 4) is 0 Å². The third kappa shape index (κ3) is 2.44. The second-order valence-corrected chi connectivity index (χ2v) is 4.54. The molecule has 1 aromatic carbocycles. The van der Waals surface area contributed by atoms with Crippen LogP contribution in [-0.4, -0.2) is 28.2 Å². The summed E-state index contributed by atoms with van der Waals surface area (Å²) in [5.41, 5.74) is -0.832. The monoisotopic (exact) mass is 266 g/mol. The molecule has 1 aliphatic heterocycles. The number of carbonyl (C=O) groups is 2. The highest BCUT2D eigenvalue weighted by Crippen LogP contribution is 2.23. The number of hydrogen-bond acceptors (Lipinski definition) is 4. The predicted octanol–water partition coefficient (Wildman–Crippen LogP) is 1.74. The molecule has 0 N–H and O–H groups in total. The lowest BCUT2D eigenvalue weighted by Crippen LogP contribution is -2.32. The van der Waals surface area contributed by atoms with Crippen molar-refractivity contribution in [1.29, 1.82) is 0 Å². The maximum absolute atomic E-state index is 13.2. The Morgan fingerprint density at radius 1 is 1.53 bits per heavy atom. The second kappa shape index (κ2) is 4.75. The molecule has 0 spiro atoms. The average Bonchev–Trinajstić information content (AvgIpc) is 2.68. The van der Waals surface area contributed by atoms with Gasteiger partial charge in [0, 0.05) is 24.6 Å². The van der Waals surface area contributed by atoms with Gasteiger partial charge in [-0.2, -0.15) is 4.39 Å². The molecule has 0 aromatic heterocycles. The lowest BCUT2D eigenvalue weighted by atomic mass is 10.1. The minimum atomic E-state index is -1.01. The van der Waals surface area contributed by atoms with Gasteiger partial charge in [0.15, 0.2) is 0 Å². The summed E-state index contributed by atoms with van der Waals surface area (Å²) in [6.07, 6.45) is 0.273.